The number of carbonyl (C=O) groups is 1. The minimum Gasteiger partial charge on any atom is -0.464 e. The molecule has 0 aromatic carbocycles. The van der Waals surface area contributed by atoms with Gasteiger partial charge in [-0.05, 0) is 19.1 Å². The minimum atomic E-state index is -0.270. The SMILES string of the molecule is C/C=C/C=C\C(=O)N[C@@H](COC)c1ccc(CC)o1. The predicted molar refractivity (Wildman–Crippen MR) is 74.8 cm³/mol. The number of nitrogens with one attached hydrogen (secondary N) is 1. The summed E-state index contributed by atoms with van der Waals surface area (Å²) in [7, 11) is 1.60. The van der Waals surface area contributed by atoms with Crippen molar-refractivity contribution in [2.24, 2.45) is 0 Å². The molecule has 104 valence electrons. The molecule has 0 bridgehead atoms. The molecule has 1 rings (SSSR count). The zero-order chi connectivity index (χ0) is 14.1. The molecule has 0 unspecified atom stereocenters. The summed E-state index contributed by atoms with van der Waals surface area (Å²) >= 11 is 0. The highest BCUT2D eigenvalue weighted by atomic mass is 16.5. The summed E-state index contributed by atoms with van der Waals surface area (Å²) in [5, 5.41) is 2.85. The molecule has 0 saturated heterocycles. The average molecular weight is 263 g/mol. The molecule has 1 aromatic heterocycles. The van der Waals surface area contributed by atoms with Gasteiger partial charge in [0, 0.05) is 19.6 Å². The standard InChI is InChI=1S/C15H21NO3/c1-4-6-7-8-15(17)16-13(11-18-3)14-10-9-12(5-2)19-14/h4,6-10,13H,5,11H2,1-3H3,(H,16,17)/b6-4+,8-7-/t13-/m0/s1. The lowest BCUT2D eigenvalue weighted by atomic mass is 10.2. The Bertz CT molecular complexity index is 446. The van der Waals surface area contributed by atoms with E-state index in [0.717, 1.165) is 12.2 Å². The van der Waals surface area contributed by atoms with E-state index >= 15 is 0 Å². The molecule has 0 fully saturated rings. The van der Waals surface area contributed by atoms with Crippen LogP contribution in [0.15, 0.2) is 40.9 Å². The first kappa shape index (κ1) is 15.2. The van der Waals surface area contributed by atoms with Crippen molar-refractivity contribution in [1.29, 1.82) is 0 Å². The lowest BCUT2D eigenvalue weighted by molar-refractivity contribution is -0.117. The Hall–Kier alpha value is -1.81. The second-order valence-corrected chi connectivity index (χ2v) is 4.06. The fourth-order valence-electron chi connectivity index (χ4n) is 1.61. The van der Waals surface area contributed by atoms with Gasteiger partial charge in [-0.15, -0.1) is 0 Å². The zero-order valence-electron chi connectivity index (χ0n) is 11.7. The number of amides is 1. The summed E-state index contributed by atoms with van der Waals surface area (Å²) in [4.78, 5) is 11.7. The number of allylic oxidation sites excluding steroid dienone is 3. The van der Waals surface area contributed by atoms with Crippen LogP contribution in [0.5, 0.6) is 0 Å². The van der Waals surface area contributed by atoms with Crippen molar-refractivity contribution in [3.63, 3.8) is 0 Å². The molecule has 0 aliphatic rings. The van der Waals surface area contributed by atoms with Crippen LogP contribution in [0.2, 0.25) is 0 Å². The summed E-state index contributed by atoms with van der Waals surface area (Å²) in [6.45, 7) is 4.29. The number of carbonyl (C=O) groups excluding carboxylic acids is 1. The van der Waals surface area contributed by atoms with E-state index in [2.05, 4.69) is 5.32 Å². The summed E-state index contributed by atoms with van der Waals surface area (Å²) in [5.41, 5.74) is 0. The second kappa shape index (κ2) is 8.32. The van der Waals surface area contributed by atoms with Crippen LogP contribution >= 0.6 is 0 Å². The molecule has 0 saturated carbocycles. The molecule has 1 heterocycles. The highest BCUT2D eigenvalue weighted by Gasteiger charge is 2.16. The normalized spacial score (nSPS) is 13.2. The van der Waals surface area contributed by atoms with E-state index in [9.17, 15) is 4.79 Å². The lowest BCUT2D eigenvalue weighted by Gasteiger charge is -2.14. The van der Waals surface area contributed by atoms with Crippen LogP contribution in [0.3, 0.4) is 0 Å². The molecule has 0 aliphatic carbocycles. The number of ether oxygens (including phenoxy) is 1. The molecule has 1 aromatic rings. The molecular weight excluding hydrogens is 242 g/mol. The van der Waals surface area contributed by atoms with Crippen molar-refractivity contribution in [1.82, 2.24) is 5.32 Å². The molecule has 0 aliphatic heterocycles. The van der Waals surface area contributed by atoms with Gasteiger partial charge in [0.25, 0.3) is 0 Å². The Morgan fingerprint density at radius 2 is 2.26 bits per heavy atom. The van der Waals surface area contributed by atoms with Gasteiger partial charge >= 0.3 is 0 Å². The van der Waals surface area contributed by atoms with E-state index in [1.807, 2.05) is 32.1 Å². The number of aryl methyl sites for hydroxylation is 1. The van der Waals surface area contributed by atoms with Crippen molar-refractivity contribution in [2.75, 3.05) is 13.7 Å². The third-order valence-corrected chi connectivity index (χ3v) is 2.58. The van der Waals surface area contributed by atoms with Gasteiger partial charge in [0.1, 0.15) is 17.6 Å². The number of hydrogen-bond acceptors (Lipinski definition) is 3. The van der Waals surface area contributed by atoms with E-state index < -0.39 is 0 Å². The molecule has 1 amide bonds. The van der Waals surface area contributed by atoms with Crippen molar-refractivity contribution in [3.05, 3.63) is 48.0 Å². The maximum Gasteiger partial charge on any atom is 0.244 e. The van der Waals surface area contributed by atoms with Crippen molar-refractivity contribution >= 4 is 5.91 Å². The maximum absolute atomic E-state index is 11.7. The van der Waals surface area contributed by atoms with Crippen LogP contribution < -0.4 is 5.32 Å². The zero-order valence-corrected chi connectivity index (χ0v) is 11.7. The quantitative estimate of drug-likeness (QED) is 0.608. The summed E-state index contributed by atoms with van der Waals surface area (Å²) in [6, 6.07) is 3.52. The first-order valence-electron chi connectivity index (χ1n) is 6.38. The summed E-state index contributed by atoms with van der Waals surface area (Å²) in [6.07, 6.45) is 7.66. The van der Waals surface area contributed by atoms with Gasteiger partial charge in [-0.2, -0.15) is 0 Å². The molecule has 1 N–H and O–H groups in total. The molecule has 0 radical (unpaired) electrons. The Balaban J connectivity index is 2.69. The molecule has 4 nitrogen and oxygen atoms in total. The van der Waals surface area contributed by atoms with Gasteiger partial charge in [-0.25, -0.2) is 0 Å². The summed E-state index contributed by atoms with van der Waals surface area (Å²) < 4.78 is 10.8. The Morgan fingerprint density at radius 3 is 2.84 bits per heavy atom. The van der Waals surface area contributed by atoms with E-state index in [0.29, 0.717) is 12.4 Å². The molecule has 0 spiro atoms. The first-order chi connectivity index (χ1) is 9.21. The topological polar surface area (TPSA) is 51.5 Å². The average Bonchev–Trinajstić information content (AvgIpc) is 2.87. The smallest absolute Gasteiger partial charge is 0.244 e. The van der Waals surface area contributed by atoms with Crippen LogP contribution in [-0.4, -0.2) is 19.6 Å². The molecule has 1 atom stereocenters. The molecular formula is C15H21NO3. The highest BCUT2D eigenvalue weighted by molar-refractivity contribution is 5.88. The van der Waals surface area contributed by atoms with Crippen LogP contribution in [-0.2, 0) is 16.0 Å². The van der Waals surface area contributed by atoms with Gasteiger partial charge in [-0.3, -0.25) is 4.79 Å². The van der Waals surface area contributed by atoms with Crippen LogP contribution in [0, 0.1) is 0 Å². The van der Waals surface area contributed by atoms with Gasteiger partial charge in [0.05, 0.1) is 6.61 Å². The van der Waals surface area contributed by atoms with Crippen molar-refractivity contribution in [3.8, 4) is 0 Å². The van der Waals surface area contributed by atoms with Crippen LogP contribution in [0.25, 0.3) is 0 Å². The Labute approximate surface area is 114 Å². The Kier molecular flexibility index (Phi) is 6.68. The third-order valence-electron chi connectivity index (χ3n) is 2.58. The minimum absolute atomic E-state index is 0.172. The third kappa shape index (κ3) is 5.14. The number of hydrogen-bond donors (Lipinski definition) is 1. The fourth-order valence-corrected chi connectivity index (χ4v) is 1.61. The number of rotatable bonds is 7. The van der Waals surface area contributed by atoms with Crippen molar-refractivity contribution < 1.29 is 13.9 Å². The van der Waals surface area contributed by atoms with Gasteiger partial charge in [0.2, 0.25) is 5.91 Å². The van der Waals surface area contributed by atoms with Crippen LogP contribution in [0.4, 0.5) is 0 Å². The maximum atomic E-state index is 11.7. The fraction of sp³-hybridized carbons (Fsp3) is 0.400. The van der Waals surface area contributed by atoms with Crippen molar-refractivity contribution in [2.45, 2.75) is 26.3 Å². The molecule has 4 heteroatoms. The molecule has 19 heavy (non-hydrogen) atoms. The first-order valence-corrected chi connectivity index (χ1v) is 6.38. The van der Waals surface area contributed by atoms with E-state index in [-0.39, 0.29) is 11.9 Å². The van der Waals surface area contributed by atoms with Gasteiger partial charge in [0.15, 0.2) is 0 Å². The van der Waals surface area contributed by atoms with E-state index in [4.69, 9.17) is 9.15 Å². The number of methoxy groups -OCH3 is 1. The number of furan rings is 1. The summed E-state index contributed by atoms with van der Waals surface area (Å²) in [5.74, 6) is 1.44. The Morgan fingerprint density at radius 1 is 1.47 bits per heavy atom. The monoisotopic (exact) mass is 263 g/mol. The second-order valence-electron chi connectivity index (χ2n) is 4.06. The van der Waals surface area contributed by atoms with E-state index in [1.165, 1.54) is 6.08 Å². The van der Waals surface area contributed by atoms with Gasteiger partial charge in [-0.1, -0.05) is 25.2 Å². The lowest BCUT2D eigenvalue weighted by Crippen LogP contribution is -2.29. The predicted octanol–water partition coefficient (Wildman–Crippen LogP) is 2.78. The van der Waals surface area contributed by atoms with Gasteiger partial charge < -0.3 is 14.5 Å². The van der Waals surface area contributed by atoms with Crippen LogP contribution in [0.1, 0.15) is 31.4 Å². The largest absolute Gasteiger partial charge is 0.464 e. The highest BCUT2D eigenvalue weighted by Crippen LogP contribution is 2.17. The van der Waals surface area contributed by atoms with E-state index in [1.54, 1.807) is 19.3 Å².